The van der Waals surface area contributed by atoms with Crippen LogP contribution in [0.2, 0.25) is 0 Å². The van der Waals surface area contributed by atoms with Gasteiger partial charge in [-0.25, -0.2) is 0 Å². The minimum absolute atomic E-state index is 0.276. The Bertz CT molecular complexity index is 357. The van der Waals surface area contributed by atoms with Crippen molar-refractivity contribution in [2.24, 2.45) is 4.99 Å². The Morgan fingerprint density at radius 2 is 2.33 bits per heavy atom. The topological polar surface area (TPSA) is 49.7 Å². The van der Waals surface area contributed by atoms with Crippen LogP contribution in [0.15, 0.2) is 16.9 Å². The molecule has 0 bridgehead atoms. The third-order valence-electron chi connectivity index (χ3n) is 1.55. The van der Waals surface area contributed by atoms with Crippen LogP contribution in [0.25, 0.3) is 0 Å². The molecular formula is C7H10N2O2S. The summed E-state index contributed by atoms with van der Waals surface area (Å²) >= 11 is 0. The van der Waals surface area contributed by atoms with E-state index in [1.165, 1.54) is 6.92 Å². The maximum Gasteiger partial charge on any atom is 0.219 e. The highest BCUT2D eigenvalue weighted by Crippen LogP contribution is 2.04. The Labute approximate surface area is 72.7 Å². The molecule has 4 nitrogen and oxygen atoms in total. The summed E-state index contributed by atoms with van der Waals surface area (Å²) in [5, 5.41) is 0. The third kappa shape index (κ3) is 1.94. The summed E-state index contributed by atoms with van der Waals surface area (Å²) in [6.45, 7) is 2.26. The van der Waals surface area contributed by atoms with Crippen LogP contribution in [-0.4, -0.2) is 38.0 Å². The van der Waals surface area contributed by atoms with E-state index in [0.29, 0.717) is 5.70 Å². The molecule has 0 N–H and O–H groups in total. The van der Waals surface area contributed by atoms with Gasteiger partial charge in [-0.15, -0.1) is 0 Å². The fourth-order valence-electron chi connectivity index (χ4n) is 0.830. The zero-order valence-corrected chi connectivity index (χ0v) is 7.80. The van der Waals surface area contributed by atoms with E-state index in [-0.39, 0.29) is 4.86 Å². The predicted octanol–water partition coefficient (Wildman–Crippen LogP) is -0.0846. The fraction of sp³-hybridized carbons (Fsp3) is 0.429. The van der Waals surface area contributed by atoms with Gasteiger partial charge >= 0.3 is 0 Å². The number of aliphatic imine (C=N–C) groups is 1. The summed E-state index contributed by atoms with van der Waals surface area (Å²) in [5.41, 5.74) is 0.511. The lowest BCUT2D eigenvalue weighted by molar-refractivity contribution is 0.519. The lowest BCUT2D eigenvalue weighted by Gasteiger charge is -2.15. The molecule has 1 aliphatic heterocycles. The predicted molar refractivity (Wildman–Crippen MR) is 48.8 cm³/mol. The van der Waals surface area contributed by atoms with Crippen LogP contribution in [0.5, 0.6) is 0 Å². The minimum Gasteiger partial charge on any atom is -0.373 e. The largest absolute Gasteiger partial charge is 0.373 e. The number of allylic oxidation sites excluding steroid dienone is 1. The molecular weight excluding hydrogens is 176 g/mol. The smallest absolute Gasteiger partial charge is 0.219 e. The summed E-state index contributed by atoms with van der Waals surface area (Å²) in [4.78, 5) is 6.11. The van der Waals surface area contributed by atoms with E-state index in [1.807, 2.05) is 11.9 Å². The number of rotatable bonds is 1. The molecule has 1 aliphatic rings. The van der Waals surface area contributed by atoms with Gasteiger partial charge in [0.1, 0.15) is 0 Å². The van der Waals surface area contributed by atoms with Crippen molar-refractivity contribution in [2.75, 3.05) is 13.6 Å². The number of nitrogens with zero attached hydrogens (tertiary/aromatic N) is 2. The van der Waals surface area contributed by atoms with E-state index < -0.39 is 10.3 Å². The standard InChI is InChI=1S/C7H10N2O2S/c1-6(12(10)11)7-5-9(2)4-3-8-7/h3,5H,4H2,1-2H3. The maximum absolute atomic E-state index is 10.5. The van der Waals surface area contributed by atoms with Crippen molar-refractivity contribution in [1.82, 2.24) is 4.90 Å². The van der Waals surface area contributed by atoms with E-state index in [0.717, 1.165) is 6.54 Å². The van der Waals surface area contributed by atoms with Crippen molar-refractivity contribution in [3.05, 3.63) is 11.9 Å². The third-order valence-corrected chi connectivity index (χ3v) is 2.26. The van der Waals surface area contributed by atoms with Gasteiger partial charge in [-0.2, -0.15) is 8.42 Å². The first-order chi connectivity index (χ1) is 5.61. The van der Waals surface area contributed by atoms with Crippen LogP contribution in [-0.2, 0) is 10.3 Å². The molecule has 0 spiro atoms. The van der Waals surface area contributed by atoms with Crippen LogP contribution >= 0.6 is 0 Å². The second kappa shape index (κ2) is 3.53. The molecule has 66 valence electrons. The molecule has 12 heavy (non-hydrogen) atoms. The molecule has 0 fully saturated rings. The average Bonchev–Trinajstić information content (AvgIpc) is 2.03. The Morgan fingerprint density at radius 3 is 2.83 bits per heavy atom. The van der Waals surface area contributed by atoms with Crippen molar-refractivity contribution in [3.8, 4) is 0 Å². The van der Waals surface area contributed by atoms with Crippen molar-refractivity contribution in [1.29, 1.82) is 0 Å². The van der Waals surface area contributed by atoms with E-state index in [2.05, 4.69) is 4.99 Å². The van der Waals surface area contributed by atoms with Crippen LogP contribution in [0, 0.1) is 0 Å². The van der Waals surface area contributed by atoms with Crippen molar-refractivity contribution in [3.63, 3.8) is 0 Å². The second-order valence-corrected chi connectivity index (χ2v) is 3.64. The highest BCUT2D eigenvalue weighted by Gasteiger charge is 2.05. The zero-order chi connectivity index (χ0) is 9.14. The van der Waals surface area contributed by atoms with Gasteiger partial charge in [-0.05, 0) is 6.92 Å². The van der Waals surface area contributed by atoms with Crippen LogP contribution in [0.3, 0.4) is 0 Å². The first kappa shape index (κ1) is 8.99. The van der Waals surface area contributed by atoms with Crippen molar-refractivity contribution < 1.29 is 8.42 Å². The Balaban J connectivity index is 3.06. The molecule has 0 atom stereocenters. The average molecular weight is 186 g/mol. The molecule has 0 radical (unpaired) electrons. The molecule has 0 saturated carbocycles. The van der Waals surface area contributed by atoms with Crippen LogP contribution < -0.4 is 0 Å². The van der Waals surface area contributed by atoms with E-state index in [9.17, 15) is 8.42 Å². The molecule has 0 aromatic heterocycles. The van der Waals surface area contributed by atoms with Crippen molar-refractivity contribution in [2.45, 2.75) is 6.92 Å². The SMILES string of the molecule is CC(C1=CN(C)CC=N1)=S(=O)=O. The molecule has 0 saturated heterocycles. The first-order valence-electron chi connectivity index (χ1n) is 3.49. The minimum atomic E-state index is -2.16. The zero-order valence-electron chi connectivity index (χ0n) is 6.98. The van der Waals surface area contributed by atoms with Gasteiger partial charge in [-0.3, -0.25) is 4.99 Å². The van der Waals surface area contributed by atoms with Crippen LogP contribution in [0.1, 0.15) is 6.92 Å². The molecule has 0 unspecified atom stereocenters. The monoisotopic (exact) mass is 186 g/mol. The second-order valence-electron chi connectivity index (χ2n) is 2.56. The normalized spacial score (nSPS) is 15.8. The Morgan fingerprint density at radius 1 is 1.67 bits per heavy atom. The van der Waals surface area contributed by atoms with Gasteiger partial charge in [0.25, 0.3) is 0 Å². The lowest BCUT2D eigenvalue weighted by atomic mass is 10.3. The highest BCUT2D eigenvalue weighted by molar-refractivity contribution is 7.73. The molecule has 5 heteroatoms. The summed E-state index contributed by atoms with van der Waals surface area (Å²) < 4.78 is 21.1. The van der Waals surface area contributed by atoms with Crippen LogP contribution in [0.4, 0.5) is 0 Å². The summed E-state index contributed by atoms with van der Waals surface area (Å²) in [6.07, 6.45) is 3.40. The lowest BCUT2D eigenvalue weighted by Crippen LogP contribution is -2.19. The van der Waals surface area contributed by atoms with Gasteiger partial charge in [0.05, 0.1) is 17.1 Å². The summed E-state index contributed by atoms with van der Waals surface area (Å²) in [5.74, 6) is 0. The van der Waals surface area contributed by atoms with E-state index >= 15 is 0 Å². The fourth-order valence-corrected chi connectivity index (χ4v) is 1.11. The van der Waals surface area contributed by atoms with E-state index in [4.69, 9.17) is 0 Å². The maximum atomic E-state index is 10.5. The number of hydrogen-bond donors (Lipinski definition) is 0. The molecule has 0 aromatic carbocycles. The Hall–Kier alpha value is -1.10. The molecule has 0 amide bonds. The number of hydrogen-bond acceptors (Lipinski definition) is 4. The molecule has 0 aliphatic carbocycles. The van der Waals surface area contributed by atoms with Gasteiger partial charge in [0, 0.05) is 19.5 Å². The quantitative estimate of drug-likeness (QED) is 0.538. The van der Waals surface area contributed by atoms with Gasteiger partial charge < -0.3 is 4.90 Å². The van der Waals surface area contributed by atoms with Gasteiger partial charge in [-0.1, -0.05) is 0 Å². The van der Waals surface area contributed by atoms with Gasteiger partial charge in [0.15, 0.2) is 0 Å². The molecule has 1 heterocycles. The first-order valence-corrected chi connectivity index (χ1v) is 4.56. The van der Waals surface area contributed by atoms with Crippen molar-refractivity contribution >= 4 is 21.4 Å². The molecule has 0 aromatic rings. The summed E-state index contributed by atoms with van der Waals surface area (Å²) in [7, 11) is -0.298. The van der Waals surface area contributed by atoms with E-state index in [1.54, 1.807) is 12.4 Å². The molecule has 1 rings (SSSR count). The highest BCUT2D eigenvalue weighted by atomic mass is 32.2. The van der Waals surface area contributed by atoms with Gasteiger partial charge in [0.2, 0.25) is 10.3 Å². The Kier molecular flexibility index (Phi) is 2.65. The summed E-state index contributed by atoms with van der Waals surface area (Å²) in [6, 6.07) is 0.